The van der Waals surface area contributed by atoms with E-state index in [0.717, 1.165) is 0 Å². The van der Waals surface area contributed by atoms with Crippen LogP contribution in [0.2, 0.25) is 0 Å². The Morgan fingerprint density at radius 1 is 1.00 bits per heavy atom. The van der Waals surface area contributed by atoms with Crippen molar-refractivity contribution in [2.75, 3.05) is 0 Å². The van der Waals surface area contributed by atoms with Gasteiger partial charge in [0.2, 0.25) is 0 Å². The fraction of sp³-hybridized carbons (Fsp3) is 0.214. The van der Waals surface area contributed by atoms with Gasteiger partial charge in [-0.1, -0.05) is 29.8 Å². The van der Waals surface area contributed by atoms with Crippen molar-refractivity contribution in [3.63, 3.8) is 0 Å². The zero-order valence-electron chi connectivity index (χ0n) is 9.02. The first kappa shape index (κ1) is 9.26. The van der Waals surface area contributed by atoms with E-state index in [1.54, 1.807) is 0 Å². The van der Waals surface area contributed by atoms with Gasteiger partial charge in [-0.3, -0.25) is 0 Å². The first-order chi connectivity index (χ1) is 6.59. The highest BCUT2D eigenvalue weighted by Gasteiger charge is 2.03. The molecule has 0 heteroatoms. The third-order valence-corrected chi connectivity index (χ3v) is 2.95. The second-order valence-electron chi connectivity index (χ2n) is 4.02. The molecule has 0 fully saturated rings. The Balaban J connectivity index is 2.91. The van der Waals surface area contributed by atoms with Crippen LogP contribution in [0, 0.1) is 27.7 Å². The van der Waals surface area contributed by atoms with E-state index in [1.807, 2.05) is 0 Å². The molecule has 0 saturated carbocycles. The van der Waals surface area contributed by atoms with Gasteiger partial charge in [0.25, 0.3) is 0 Å². The largest absolute Gasteiger partial charge is 0.0587 e. The minimum atomic E-state index is 1.17. The molecule has 71 valence electrons. The quantitative estimate of drug-likeness (QED) is 0.580. The van der Waals surface area contributed by atoms with Gasteiger partial charge < -0.3 is 0 Å². The minimum absolute atomic E-state index is 1.17. The molecule has 0 nitrogen and oxygen atoms in total. The molecular formula is C14H15. The van der Waals surface area contributed by atoms with Crippen molar-refractivity contribution >= 4 is 10.8 Å². The third kappa shape index (κ3) is 1.31. The van der Waals surface area contributed by atoms with Gasteiger partial charge in [0.05, 0.1) is 0 Å². The van der Waals surface area contributed by atoms with Crippen molar-refractivity contribution in [1.82, 2.24) is 0 Å². The van der Waals surface area contributed by atoms with Gasteiger partial charge >= 0.3 is 0 Å². The van der Waals surface area contributed by atoms with Crippen molar-refractivity contribution < 1.29 is 0 Å². The van der Waals surface area contributed by atoms with E-state index in [9.17, 15) is 0 Å². The van der Waals surface area contributed by atoms with E-state index in [-0.39, 0.29) is 0 Å². The molecule has 0 saturated heterocycles. The summed E-state index contributed by atoms with van der Waals surface area (Å²) in [6.07, 6.45) is 0. The lowest BCUT2D eigenvalue weighted by Gasteiger charge is -2.09. The summed E-state index contributed by atoms with van der Waals surface area (Å²) in [5.74, 6) is 0. The molecule has 0 amide bonds. The van der Waals surface area contributed by atoms with Crippen LogP contribution in [0.3, 0.4) is 0 Å². The smallest absolute Gasteiger partial charge is 0.0149 e. The Bertz CT molecular complexity index is 493. The van der Waals surface area contributed by atoms with Crippen LogP contribution in [0.4, 0.5) is 0 Å². The number of rotatable bonds is 0. The lowest BCUT2D eigenvalue weighted by atomic mass is 9.96. The van der Waals surface area contributed by atoms with E-state index in [4.69, 9.17) is 0 Å². The predicted molar refractivity (Wildman–Crippen MR) is 62.6 cm³/mol. The molecule has 0 unspecified atom stereocenters. The van der Waals surface area contributed by atoms with Gasteiger partial charge in [0.15, 0.2) is 0 Å². The normalized spacial score (nSPS) is 10.9. The van der Waals surface area contributed by atoms with Crippen LogP contribution in [-0.2, 0) is 0 Å². The minimum Gasteiger partial charge on any atom is -0.0587 e. The first-order valence-electron chi connectivity index (χ1n) is 4.92. The average molecular weight is 183 g/mol. The Morgan fingerprint density at radius 2 is 1.71 bits per heavy atom. The second kappa shape index (κ2) is 3.13. The Hall–Kier alpha value is -1.30. The molecule has 0 aliphatic heterocycles. The fourth-order valence-corrected chi connectivity index (χ4v) is 1.86. The molecule has 1 radical (unpaired) electrons. The van der Waals surface area contributed by atoms with Gasteiger partial charge in [0, 0.05) is 0 Å². The molecule has 0 aromatic heterocycles. The summed E-state index contributed by atoms with van der Waals surface area (Å²) in [6, 6.07) is 8.77. The molecule has 0 atom stereocenters. The number of hydrogen-bond acceptors (Lipinski definition) is 0. The van der Waals surface area contributed by atoms with Gasteiger partial charge in [0.1, 0.15) is 0 Å². The zero-order chi connectivity index (χ0) is 10.3. The summed E-state index contributed by atoms with van der Waals surface area (Å²) < 4.78 is 0. The van der Waals surface area contributed by atoms with Gasteiger partial charge in [-0.05, 0) is 55.2 Å². The maximum absolute atomic E-state index is 4.14. The van der Waals surface area contributed by atoms with Crippen molar-refractivity contribution in [2.24, 2.45) is 0 Å². The maximum atomic E-state index is 4.14. The monoisotopic (exact) mass is 183 g/mol. The summed E-state index contributed by atoms with van der Waals surface area (Å²) in [7, 11) is 0. The molecule has 2 rings (SSSR count). The van der Waals surface area contributed by atoms with Crippen LogP contribution in [0.15, 0.2) is 24.3 Å². The number of hydrogen-bond donors (Lipinski definition) is 0. The summed E-state index contributed by atoms with van der Waals surface area (Å²) in [5, 5.41) is 2.58. The number of fused-ring (bicyclic) bond motifs is 1. The van der Waals surface area contributed by atoms with Gasteiger partial charge in [-0.25, -0.2) is 0 Å². The van der Waals surface area contributed by atoms with Crippen LogP contribution < -0.4 is 0 Å². The summed E-state index contributed by atoms with van der Waals surface area (Å²) in [5.41, 5.74) is 5.11. The van der Waals surface area contributed by atoms with Gasteiger partial charge in [-0.15, -0.1) is 0 Å². The molecule has 0 aliphatic carbocycles. The highest BCUT2D eigenvalue weighted by atomic mass is 14.1. The zero-order valence-corrected chi connectivity index (χ0v) is 9.02. The van der Waals surface area contributed by atoms with E-state index in [1.165, 1.54) is 33.0 Å². The molecule has 0 heterocycles. The molecule has 0 spiro atoms. The van der Waals surface area contributed by atoms with Crippen molar-refractivity contribution in [2.45, 2.75) is 20.8 Å². The van der Waals surface area contributed by atoms with Crippen molar-refractivity contribution in [3.05, 3.63) is 53.4 Å². The fourth-order valence-electron chi connectivity index (χ4n) is 1.86. The molecule has 14 heavy (non-hydrogen) atoms. The summed E-state index contributed by atoms with van der Waals surface area (Å²) in [6.45, 7) is 10.5. The molecule has 2 aromatic carbocycles. The first-order valence-corrected chi connectivity index (χ1v) is 4.92. The molecule has 2 aromatic rings. The van der Waals surface area contributed by atoms with Crippen LogP contribution >= 0.6 is 0 Å². The maximum Gasteiger partial charge on any atom is -0.0149 e. The van der Waals surface area contributed by atoms with Crippen molar-refractivity contribution in [3.8, 4) is 0 Å². The Kier molecular flexibility index (Phi) is 2.07. The Morgan fingerprint density at radius 3 is 2.43 bits per heavy atom. The second-order valence-corrected chi connectivity index (χ2v) is 4.02. The highest BCUT2D eigenvalue weighted by Crippen LogP contribution is 2.25. The van der Waals surface area contributed by atoms with E-state index in [0.29, 0.717) is 0 Å². The summed E-state index contributed by atoms with van der Waals surface area (Å²) >= 11 is 0. The molecular weight excluding hydrogens is 168 g/mol. The Labute approximate surface area is 85.6 Å². The average Bonchev–Trinajstić information content (AvgIpc) is 2.14. The molecule has 0 aliphatic rings. The van der Waals surface area contributed by atoms with Crippen LogP contribution in [0.5, 0.6) is 0 Å². The third-order valence-electron chi connectivity index (χ3n) is 2.95. The van der Waals surface area contributed by atoms with E-state index < -0.39 is 0 Å². The molecule has 0 N–H and O–H groups in total. The lowest BCUT2D eigenvalue weighted by molar-refractivity contribution is 1.33. The highest BCUT2D eigenvalue weighted by molar-refractivity contribution is 5.88. The van der Waals surface area contributed by atoms with Gasteiger partial charge in [-0.2, -0.15) is 0 Å². The molecule has 0 bridgehead atoms. The number of aryl methyl sites for hydroxylation is 2. The number of benzene rings is 2. The van der Waals surface area contributed by atoms with Crippen LogP contribution in [-0.4, -0.2) is 0 Å². The lowest BCUT2D eigenvalue weighted by Crippen LogP contribution is -1.89. The van der Waals surface area contributed by atoms with E-state index in [2.05, 4.69) is 52.0 Å². The predicted octanol–water partition coefficient (Wildman–Crippen LogP) is 3.95. The standard InChI is InChI=1S/C14H15/c1-9-5-6-14-12(4)11(3)10(2)8-13(14)7-9/h5-8H,4H2,1-3H3. The van der Waals surface area contributed by atoms with Crippen molar-refractivity contribution in [1.29, 1.82) is 0 Å². The van der Waals surface area contributed by atoms with Crippen LogP contribution in [0.25, 0.3) is 10.8 Å². The topological polar surface area (TPSA) is 0 Å². The van der Waals surface area contributed by atoms with E-state index >= 15 is 0 Å². The van der Waals surface area contributed by atoms with Crippen LogP contribution in [0.1, 0.15) is 22.3 Å². The summed E-state index contributed by atoms with van der Waals surface area (Å²) in [4.78, 5) is 0. The SMILES string of the molecule is [CH2]c1c(C)c(C)cc2cc(C)ccc12.